The van der Waals surface area contributed by atoms with Crippen molar-refractivity contribution in [1.82, 2.24) is 5.32 Å². The third-order valence-electron chi connectivity index (χ3n) is 8.42. The molecule has 46 heavy (non-hydrogen) atoms. The van der Waals surface area contributed by atoms with Gasteiger partial charge in [0.1, 0.15) is 11.5 Å². The predicted molar refractivity (Wildman–Crippen MR) is 179 cm³/mol. The Morgan fingerprint density at radius 3 is 1.41 bits per heavy atom. The Morgan fingerprint density at radius 2 is 0.957 bits per heavy atom. The highest BCUT2D eigenvalue weighted by Crippen LogP contribution is 2.42. The molecule has 2 aromatic carbocycles. The Balaban J connectivity index is 1.57. The van der Waals surface area contributed by atoms with E-state index in [0.29, 0.717) is 31.0 Å². The molecule has 11 nitrogen and oxygen atoms in total. The lowest BCUT2D eigenvalue weighted by molar-refractivity contribution is -0.107. The molecule has 1 aliphatic rings. The second-order valence-electron chi connectivity index (χ2n) is 11.6. The lowest BCUT2D eigenvalue weighted by atomic mass is 9.81. The average molecular weight is 644 g/mol. The molecule has 0 unspecified atom stereocenters. The number of nitrogens with one attached hydrogen (secondary N) is 3. The van der Waals surface area contributed by atoms with Crippen molar-refractivity contribution < 1.29 is 38.7 Å². The molecule has 5 N–H and O–H groups in total. The zero-order chi connectivity index (χ0) is 33.3. The molecule has 0 radical (unpaired) electrons. The third-order valence-corrected chi connectivity index (χ3v) is 8.42. The van der Waals surface area contributed by atoms with Crippen molar-refractivity contribution >= 4 is 22.9 Å². The van der Waals surface area contributed by atoms with Crippen LogP contribution in [0.5, 0.6) is 11.5 Å². The summed E-state index contributed by atoms with van der Waals surface area (Å²) >= 11 is 0. The number of ketones is 2. The maximum absolute atomic E-state index is 13.8. The van der Waals surface area contributed by atoms with E-state index in [0.717, 1.165) is 77.2 Å². The summed E-state index contributed by atoms with van der Waals surface area (Å²) in [6.07, 6.45) is 10.8. The van der Waals surface area contributed by atoms with E-state index in [1.54, 1.807) is 28.4 Å². The van der Waals surface area contributed by atoms with Crippen LogP contribution >= 0.6 is 0 Å². The number of phenolic OH excluding ortho intramolecular Hbond substituents is 2. The molecule has 0 saturated heterocycles. The van der Waals surface area contributed by atoms with Gasteiger partial charge in [0, 0.05) is 59.4 Å². The van der Waals surface area contributed by atoms with Crippen LogP contribution in [0.4, 0.5) is 11.4 Å². The number of unbranched alkanes of at least 4 members (excludes halogenated alkanes) is 8. The van der Waals surface area contributed by atoms with Crippen LogP contribution in [-0.4, -0.2) is 89.0 Å². The van der Waals surface area contributed by atoms with Gasteiger partial charge in [-0.3, -0.25) is 9.59 Å². The second-order valence-corrected chi connectivity index (χ2v) is 11.6. The van der Waals surface area contributed by atoms with E-state index in [2.05, 4.69) is 16.0 Å². The Kier molecular flexibility index (Phi) is 16.3. The van der Waals surface area contributed by atoms with Crippen molar-refractivity contribution in [3.05, 3.63) is 46.5 Å². The maximum atomic E-state index is 13.8. The number of carbonyl (C=O) groups is 2. The standard InChI is InChI=1S/C35H53N3O8/c1-43-28(44-2)15-11-7-5-6-8-13-21-37-24-16-17-25(38-22-14-10-9-12-20-36-23-29(45-3)46-4)31-30(24)34(41)32-26(39)18-19-27(40)33(32)35(31)42/h16-19,28-29,36-40H,5-15,20-23H2,1-4H3. The Labute approximate surface area is 273 Å². The zero-order valence-corrected chi connectivity index (χ0v) is 27.9. The molecule has 0 amide bonds. The van der Waals surface area contributed by atoms with E-state index in [1.165, 1.54) is 12.1 Å². The first-order valence-corrected chi connectivity index (χ1v) is 16.5. The molecule has 2 aromatic rings. The minimum atomic E-state index is -0.482. The Hall–Kier alpha value is -3.22. The van der Waals surface area contributed by atoms with Crippen LogP contribution in [-0.2, 0) is 18.9 Å². The number of fused-ring (bicyclic) bond motifs is 2. The lowest BCUT2D eigenvalue weighted by Gasteiger charge is -2.25. The second kappa shape index (κ2) is 20.1. The van der Waals surface area contributed by atoms with Crippen molar-refractivity contribution in [1.29, 1.82) is 0 Å². The van der Waals surface area contributed by atoms with E-state index in [1.807, 2.05) is 12.1 Å². The number of phenols is 2. The molecule has 3 rings (SSSR count). The van der Waals surface area contributed by atoms with Crippen LogP contribution in [0.25, 0.3) is 0 Å². The fourth-order valence-electron chi connectivity index (χ4n) is 5.79. The highest BCUT2D eigenvalue weighted by Gasteiger charge is 2.37. The molecular weight excluding hydrogens is 590 g/mol. The highest BCUT2D eigenvalue weighted by molar-refractivity contribution is 6.33. The minimum absolute atomic E-state index is 0.140. The van der Waals surface area contributed by atoms with Crippen molar-refractivity contribution in [2.24, 2.45) is 0 Å². The zero-order valence-electron chi connectivity index (χ0n) is 27.9. The molecule has 256 valence electrons. The topological polar surface area (TPSA) is 148 Å². The van der Waals surface area contributed by atoms with Crippen molar-refractivity contribution in [3.8, 4) is 11.5 Å². The van der Waals surface area contributed by atoms with E-state index in [9.17, 15) is 19.8 Å². The van der Waals surface area contributed by atoms with Gasteiger partial charge < -0.3 is 45.1 Å². The van der Waals surface area contributed by atoms with Crippen LogP contribution < -0.4 is 16.0 Å². The average Bonchev–Trinajstić information content (AvgIpc) is 3.06. The largest absolute Gasteiger partial charge is 0.507 e. The molecule has 0 heterocycles. The van der Waals surface area contributed by atoms with Crippen LogP contribution in [0.3, 0.4) is 0 Å². The quantitative estimate of drug-likeness (QED) is 0.0457. The summed E-state index contributed by atoms with van der Waals surface area (Å²) in [5.41, 5.74) is 1.24. The van der Waals surface area contributed by atoms with Crippen LogP contribution in [0.2, 0.25) is 0 Å². The van der Waals surface area contributed by atoms with Gasteiger partial charge in [-0.25, -0.2) is 0 Å². The van der Waals surface area contributed by atoms with Gasteiger partial charge in [0.2, 0.25) is 11.6 Å². The summed E-state index contributed by atoms with van der Waals surface area (Å²) in [4.78, 5) is 27.6. The predicted octanol–water partition coefficient (Wildman–Crippen LogP) is 5.82. The number of carbonyl (C=O) groups excluding carboxylic acids is 2. The summed E-state index contributed by atoms with van der Waals surface area (Å²) in [5.74, 6) is -1.61. The first-order chi connectivity index (χ1) is 22.4. The summed E-state index contributed by atoms with van der Waals surface area (Å²) in [6, 6.07) is 6.12. The van der Waals surface area contributed by atoms with Gasteiger partial charge in [0.05, 0.1) is 22.3 Å². The monoisotopic (exact) mass is 643 g/mol. The molecule has 0 aromatic heterocycles. The minimum Gasteiger partial charge on any atom is -0.507 e. The van der Waals surface area contributed by atoms with Crippen molar-refractivity contribution in [2.75, 3.05) is 65.3 Å². The van der Waals surface area contributed by atoms with Gasteiger partial charge in [0.25, 0.3) is 0 Å². The summed E-state index contributed by atoms with van der Waals surface area (Å²) in [7, 11) is 6.55. The van der Waals surface area contributed by atoms with Gasteiger partial charge >= 0.3 is 0 Å². The van der Waals surface area contributed by atoms with Crippen LogP contribution in [0.1, 0.15) is 102 Å². The van der Waals surface area contributed by atoms with Gasteiger partial charge in [-0.15, -0.1) is 0 Å². The summed E-state index contributed by atoms with van der Waals surface area (Å²) < 4.78 is 20.8. The Morgan fingerprint density at radius 1 is 0.543 bits per heavy atom. The molecule has 0 aliphatic heterocycles. The third kappa shape index (κ3) is 10.4. The van der Waals surface area contributed by atoms with E-state index in [4.69, 9.17) is 18.9 Å². The highest BCUT2D eigenvalue weighted by atomic mass is 16.7. The number of anilines is 2. The molecule has 1 aliphatic carbocycles. The number of rotatable bonds is 24. The molecule has 0 fully saturated rings. The summed E-state index contributed by atoms with van der Waals surface area (Å²) in [6.45, 7) is 2.77. The van der Waals surface area contributed by atoms with Crippen LogP contribution in [0, 0.1) is 0 Å². The summed E-state index contributed by atoms with van der Waals surface area (Å²) in [5, 5.41) is 31.1. The van der Waals surface area contributed by atoms with E-state index < -0.39 is 11.6 Å². The molecular formula is C35H53N3O8. The molecule has 0 bridgehead atoms. The fourth-order valence-corrected chi connectivity index (χ4v) is 5.79. The first kappa shape index (κ1) is 37.2. The smallest absolute Gasteiger partial charge is 0.200 e. The van der Waals surface area contributed by atoms with Gasteiger partial charge in [-0.05, 0) is 62.9 Å². The number of aromatic hydroxyl groups is 2. The number of ether oxygens (including phenoxy) is 4. The molecule has 11 heteroatoms. The molecule has 0 atom stereocenters. The van der Waals surface area contributed by atoms with Crippen LogP contribution in [0.15, 0.2) is 24.3 Å². The number of benzene rings is 2. The van der Waals surface area contributed by atoms with Crippen molar-refractivity contribution in [3.63, 3.8) is 0 Å². The Bertz CT molecular complexity index is 1150. The van der Waals surface area contributed by atoms with E-state index in [-0.39, 0.29) is 46.3 Å². The normalized spacial score (nSPS) is 12.6. The van der Waals surface area contributed by atoms with Gasteiger partial charge in [-0.2, -0.15) is 0 Å². The maximum Gasteiger partial charge on any atom is 0.200 e. The number of hydrogen-bond donors (Lipinski definition) is 5. The fraction of sp³-hybridized carbons (Fsp3) is 0.600. The first-order valence-electron chi connectivity index (χ1n) is 16.5. The number of methoxy groups -OCH3 is 4. The number of hydrogen-bond acceptors (Lipinski definition) is 11. The lowest BCUT2D eigenvalue weighted by Crippen LogP contribution is -2.30. The molecule has 0 saturated carbocycles. The van der Waals surface area contributed by atoms with Gasteiger partial charge in [0.15, 0.2) is 12.6 Å². The molecule has 0 spiro atoms. The van der Waals surface area contributed by atoms with Gasteiger partial charge in [-0.1, -0.05) is 38.5 Å². The van der Waals surface area contributed by atoms with E-state index >= 15 is 0 Å². The SMILES string of the molecule is COC(CCCCCCCCNc1ccc(NCCCCCCNCC(OC)OC)c2c1C(=O)c1c(O)ccc(O)c1C2=O)OC. The van der Waals surface area contributed by atoms with Crippen molar-refractivity contribution in [2.45, 2.75) is 83.2 Å².